The lowest BCUT2D eigenvalue weighted by atomic mass is 10.1. The second-order valence-corrected chi connectivity index (χ2v) is 4.51. The quantitative estimate of drug-likeness (QED) is 0.853. The first-order valence-electron chi connectivity index (χ1n) is 6.56. The van der Waals surface area contributed by atoms with E-state index >= 15 is 0 Å². The largest absolute Gasteiger partial charge is 0.488 e. The zero-order valence-electron chi connectivity index (χ0n) is 11.3. The predicted molar refractivity (Wildman–Crippen MR) is 73.0 cm³/mol. The van der Waals surface area contributed by atoms with Gasteiger partial charge in [0.15, 0.2) is 5.76 Å². The highest BCUT2D eigenvalue weighted by atomic mass is 16.5. The van der Waals surface area contributed by atoms with Gasteiger partial charge in [0.2, 0.25) is 0 Å². The van der Waals surface area contributed by atoms with Crippen LogP contribution < -0.4 is 0 Å². The van der Waals surface area contributed by atoms with Crippen molar-refractivity contribution >= 4 is 11.9 Å². The highest BCUT2D eigenvalue weighted by molar-refractivity contribution is 6.04. The third-order valence-electron chi connectivity index (χ3n) is 3.16. The van der Waals surface area contributed by atoms with Gasteiger partial charge in [-0.15, -0.1) is 0 Å². The summed E-state index contributed by atoms with van der Waals surface area (Å²) >= 11 is 0. The average molecular weight is 275 g/mol. The monoisotopic (exact) mass is 275 g/mol. The molecule has 0 fully saturated rings. The van der Waals surface area contributed by atoms with Crippen LogP contribution in [0.2, 0.25) is 0 Å². The highest BCUT2D eigenvalue weighted by Gasteiger charge is 2.35. The first-order chi connectivity index (χ1) is 9.63. The van der Waals surface area contributed by atoms with E-state index in [0.29, 0.717) is 13.0 Å². The van der Waals surface area contributed by atoms with Crippen LogP contribution in [0, 0.1) is 0 Å². The SMILES string of the molecule is CCOC1=C(C(=O)O)CN(CCc2ccccc2)C1=O. The van der Waals surface area contributed by atoms with Crippen LogP contribution in [-0.2, 0) is 20.7 Å². The van der Waals surface area contributed by atoms with Crippen molar-refractivity contribution in [3.8, 4) is 0 Å². The maximum Gasteiger partial charge on any atom is 0.337 e. The van der Waals surface area contributed by atoms with Crippen LogP contribution in [-0.4, -0.2) is 41.6 Å². The van der Waals surface area contributed by atoms with Crippen molar-refractivity contribution < 1.29 is 19.4 Å². The molecular weight excluding hydrogens is 258 g/mol. The van der Waals surface area contributed by atoms with Crippen molar-refractivity contribution in [2.75, 3.05) is 19.7 Å². The van der Waals surface area contributed by atoms with Crippen LogP contribution in [0.3, 0.4) is 0 Å². The number of hydrogen-bond acceptors (Lipinski definition) is 3. The van der Waals surface area contributed by atoms with Crippen LogP contribution in [0.5, 0.6) is 0 Å². The maximum absolute atomic E-state index is 12.1. The zero-order valence-corrected chi connectivity index (χ0v) is 11.3. The number of carbonyl (C=O) groups is 2. The molecule has 5 nitrogen and oxygen atoms in total. The number of nitrogens with zero attached hydrogens (tertiary/aromatic N) is 1. The molecule has 1 aliphatic rings. The fourth-order valence-electron chi connectivity index (χ4n) is 2.15. The molecule has 20 heavy (non-hydrogen) atoms. The van der Waals surface area contributed by atoms with E-state index in [-0.39, 0.29) is 30.4 Å². The van der Waals surface area contributed by atoms with Gasteiger partial charge in [-0.25, -0.2) is 4.79 Å². The molecular formula is C15H17NO4. The molecule has 0 spiro atoms. The minimum absolute atomic E-state index is 0.0203. The lowest BCUT2D eigenvalue weighted by Crippen LogP contribution is -2.30. The summed E-state index contributed by atoms with van der Waals surface area (Å²) in [4.78, 5) is 24.8. The zero-order chi connectivity index (χ0) is 14.5. The molecule has 1 heterocycles. The summed E-state index contributed by atoms with van der Waals surface area (Å²) in [6.45, 7) is 2.60. The number of aliphatic carboxylic acids is 1. The summed E-state index contributed by atoms with van der Waals surface area (Å²) < 4.78 is 5.18. The van der Waals surface area contributed by atoms with E-state index < -0.39 is 5.97 Å². The van der Waals surface area contributed by atoms with Gasteiger partial charge in [0, 0.05) is 6.54 Å². The van der Waals surface area contributed by atoms with E-state index in [0.717, 1.165) is 5.56 Å². The Kier molecular flexibility index (Phi) is 4.40. The standard InChI is InChI=1S/C15H17NO4/c1-2-20-13-12(15(18)19)10-16(14(13)17)9-8-11-6-4-3-5-7-11/h3-7H,2,8-10H2,1H3,(H,18,19). The fraction of sp³-hybridized carbons (Fsp3) is 0.333. The number of rotatable bonds is 6. The molecule has 5 heteroatoms. The first-order valence-corrected chi connectivity index (χ1v) is 6.56. The molecule has 0 atom stereocenters. The van der Waals surface area contributed by atoms with E-state index in [2.05, 4.69) is 0 Å². The molecule has 0 radical (unpaired) electrons. The van der Waals surface area contributed by atoms with Gasteiger partial charge in [-0.1, -0.05) is 30.3 Å². The Balaban J connectivity index is 2.03. The summed E-state index contributed by atoms with van der Waals surface area (Å²) in [6, 6.07) is 9.77. The number of ether oxygens (including phenoxy) is 1. The number of benzene rings is 1. The van der Waals surface area contributed by atoms with Gasteiger partial charge in [-0.05, 0) is 18.9 Å². The molecule has 0 saturated heterocycles. The second kappa shape index (κ2) is 6.23. The Hall–Kier alpha value is -2.30. The number of carboxylic acids is 1. The molecule has 1 amide bonds. The summed E-state index contributed by atoms with van der Waals surface area (Å²) in [5.41, 5.74) is 1.16. The summed E-state index contributed by atoms with van der Waals surface area (Å²) in [5.74, 6) is -1.45. The molecule has 1 N–H and O–H groups in total. The number of carboxylic acid groups (broad SMARTS) is 1. The first kappa shape index (κ1) is 14.1. The molecule has 106 valence electrons. The van der Waals surface area contributed by atoms with Gasteiger partial charge >= 0.3 is 5.97 Å². The van der Waals surface area contributed by atoms with Crippen molar-refractivity contribution in [3.63, 3.8) is 0 Å². The Labute approximate surface area is 117 Å². The van der Waals surface area contributed by atoms with Crippen molar-refractivity contribution in [3.05, 3.63) is 47.2 Å². The van der Waals surface area contributed by atoms with E-state index in [1.165, 1.54) is 4.90 Å². The molecule has 1 aliphatic heterocycles. The van der Waals surface area contributed by atoms with Crippen LogP contribution >= 0.6 is 0 Å². The van der Waals surface area contributed by atoms with Crippen LogP contribution in [0.4, 0.5) is 0 Å². The number of amides is 1. The molecule has 0 aliphatic carbocycles. The molecule has 2 rings (SSSR count). The third kappa shape index (κ3) is 2.99. The van der Waals surface area contributed by atoms with Crippen LogP contribution in [0.25, 0.3) is 0 Å². The van der Waals surface area contributed by atoms with Gasteiger partial charge in [0.25, 0.3) is 5.91 Å². The Morgan fingerprint density at radius 2 is 2.05 bits per heavy atom. The van der Waals surface area contributed by atoms with E-state index in [4.69, 9.17) is 9.84 Å². The van der Waals surface area contributed by atoms with E-state index in [1.54, 1.807) is 6.92 Å². The summed E-state index contributed by atoms with van der Waals surface area (Å²) in [7, 11) is 0. The highest BCUT2D eigenvalue weighted by Crippen LogP contribution is 2.21. The molecule has 1 aromatic carbocycles. The smallest absolute Gasteiger partial charge is 0.337 e. The molecule has 0 bridgehead atoms. The lowest BCUT2D eigenvalue weighted by Gasteiger charge is -2.16. The van der Waals surface area contributed by atoms with Gasteiger partial charge in [-0.2, -0.15) is 0 Å². The lowest BCUT2D eigenvalue weighted by molar-refractivity contribution is -0.133. The van der Waals surface area contributed by atoms with Crippen molar-refractivity contribution in [2.45, 2.75) is 13.3 Å². The van der Waals surface area contributed by atoms with Crippen molar-refractivity contribution in [1.29, 1.82) is 0 Å². The van der Waals surface area contributed by atoms with Crippen LogP contribution in [0.1, 0.15) is 12.5 Å². The van der Waals surface area contributed by atoms with Gasteiger partial charge in [-0.3, -0.25) is 4.79 Å². The van der Waals surface area contributed by atoms with Crippen molar-refractivity contribution in [2.24, 2.45) is 0 Å². The van der Waals surface area contributed by atoms with Crippen molar-refractivity contribution in [1.82, 2.24) is 4.90 Å². The summed E-state index contributed by atoms with van der Waals surface area (Å²) in [6.07, 6.45) is 0.693. The van der Waals surface area contributed by atoms with Gasteiger partial charge < -0.3 is 14.7 Å². The average Bonchev–Trinajstić information content (AvgIpc) is 2.76. The number of hydrogen-bond donors (Lipinski definition) is 1. The molecule has 0 aromatic heterocycles. The third-order valence-corrected chi connectivity index (χ3v) is 3.16. The predicted octanol–water partition coefficient (Wildman–Crippen LogP) is 1.45. The number of carbonyl (C=O) groups excluding carboxylic acids is 1. The van der Waals surface area contributed by atoms with Gasteiger partial charge in [0.05, 0.1) is 13.2 Å². The minimum Gasteiger partial charge on any atom is -0.488 e. The normalized spacial score (nSPS) is 14.8. The second-order valence-electron chi connectivity index (χ2n) is 4.51. The van der Waals surface area contributed by atoms with Gasteiger partial charge in [0.1, 0.15) is 5.57 Å². The Morgan fingerprint density at radius 3 is 2.65 bits per heavy atom. The van der Waals surface area contributed by atoms with E-state index in [1.807, 2.05) is 30.3 Å². The Bertz CT molecular complexity index is 536. The molecule has 0 unspecified atom stereocenters. The maximum atomic E-state index is 12.1. The minimum atomic E-state index is -1.09. The topological polar surface area (TPSA) is 66.8 Å². The fourth-order valence-corrected chi connectivity index (χ4v) is 2.15. The molecule has 0 saturated carbocycles. The molecule has 1 aromatic rings. The van der Waals surface area contributed by atoms with Crippen LogP contribution in [0.15, 0.2) is 41.7 Å². The van der Waals surface area contributed by atoms with E-state index in [9.17, 15) is 9.59 Å². The Morgan fingerprint density at radius 1 is 1.35 bits per heavy atom. The summed E-state index contributed by atoms with van der Waals surface area (Å²) in [5, 5.41) is 9.11.